The highest BCUT2D eigenvalue weighted by atomic mass is 35.5. The molecule has 1 N–H and O–H groups in total. The number of aromatic nitrogens is 1. The summed E-state index contributed by atoms with van der Waals surface area (Å²) >= 11 is 7.05. The quantitative estimate of drug-likeness (QED) is 0.866. The van der Waals surface area contributed by atoms with Gasteiger partial charge >= 0.3 is 0 Å². The number of carbonyl (C=O) groups is 2. The molecule has 1 heterocycles. The summed E-state index contributed by atoms with van der Waals surface area (Å²) in [5.74, 6) is -0.546. The van der Waals surface area contributed by atoms with E-state index in [1.807, 2.05) is 0 Å². The molecule has 0 saturated heterocycles. The summed E-state index contributed by atoms with van der Waals surface area (Å²) in [5.41, 5.74) is 0.716. The summed E-state index contributed by atoms with van der Waals surface area (Å²) in [4.78, 5) is 29.9. The number of hydrogen-bond acceptors (Lipinski definition) is 5. The molecule has 6 nitrogen and oxygen atoms in total. The van der Waals surface area contributed by atoms with Crippen LogP contribution in [0.1, 0.15) is 20.8 Å². The Morgan fingerprint density at radius 2 is 2.22 bits per heavy atom. The molecule has 0 aliphatic heterocycles. The Bertz CT molecular complexity index is 705. The third kappa shape index (κ3) is 4.75. The smallest absolute Gasteiger partial charge is 0.273 e. The minimum Gasteiger partial charge on any atom is -0.383 e. The van der Waals surface area contributed by atoms with Gasteiger partial charge in [-0.2, -0.15) is 0 Å². The molecule has 0 aliphatic rings. The fourth-order valence-corrected chi connectivity index (χ4v) is 2.62. The molecule has 2 amide bonds. The monoisotopic (exact) mass is 353 g/mol. The van der Waals surface area contributed by atoms with Crippen LogP contribution >= 0.6 is 22.9 Å². The fraction of sp³-hybridized carbons (Fsp3) is 0.267. The van der Waals surface area contributed by atoms with Crippen LogP contribution in [0.4, 0.5) is 5.13 Å². The van der Waals surface area contributed by atoms with Crippen LogP contribution in [-0.2, 0) is 4.74 Å². The van der Waals surface area contributed by atoms with E-state index in [0.29, 0.717) is 28.9 Å². The van der Waals surface area contributed by atoms with E-state index in [1.54, 1.807) is 43.8 Å². The first kappa shape index (κ1) is 17.4. The van der Waals surface area contributed by atoms with Crippen LogP contribution in [0.2, 0.25) is 5.02 Å². The van der Waals surface area contributed by atoms with E-state index >= 15 is 0 Å². The Morgan fingerprint density at radius 1 is 1.43 bits per heavy atom. The summed E-state index contributed by atoms with van der Waals surface area (Å²) in [7, 11) is 3.25. The topological polar surface area (TPSA) is 71.5 Å². The van der Waals surface area contributed by atoms with Crippen molar-refractivity contribution < 1.29 is 14.3 Å². The molecule has 0 saturated carbocycles. The lowest BCUT2D eigenvalue weighted by Gasteiger charge is -2.14. The molecule has 0 fully saturated rings. The maximum atomic E-state index is 12.1. The molecule has 23 heavy (non-hydrogen) atoms. The Morgan fingerprint density at radius 3 is 2.91 bits per heavy atom. The predicted molar refractivity (Wildman–Crippen MR) is 90.4 cm³/mol. The third-order valence-corrected chi connectivity index (χ3v) is 4.00. The number of hydrogen-bond donors (Lipinski definition) is 1. The number of nitrogens with zero attached hydrogens (tertiary/aromatic N) is 2. The first-order valence-corrected chi connectivity index (χ1v) is 8.04. The van der Waals surface area contributed by atoms with Crippen LogP contribution < -0.4 is 5.32 Å². The van der Waals surface area contributed by atoms with Crippen molar-refractivity contribution in [3.05, 3.63) is 45.9 Å². The van der Waals surface area contributed by atoms with E-state index in [4.69, 9.17) is 16.3 Å². The lowest BCUT2D eigenvalue weighted by molar-refractivity contribution is 0.0739. The highest BCUT2D eigenvalue weighted by molar-refractivity contribution is 7.14. The summed E-state index contributed by atoms with van der Waals surface area (Å²) in [6.45, 7) is 0.918. The van der Waals surface area contributed by atoms with Gasteiger partial charge in [-0.05, 0) is 18.2 Å². The summed E-state index contributed by atoms with van der Waals surface area (Å²) < 4.78 is 4.94. The van der Waals surface area contributed by atoms with Crippen molar-refractivity contribution in [2.45, 2.75) is 0 Å². The molecule has 8 heteroatoms. The number of rotatable bonds is 6. The van der Waals surface area contributed by atoms with E-state index in [-0.39, 0.29) is 17.5 Å². The van der Waals surface area contributed by atoms with Gasteiger partial charge in [0.1, 0.15) is 5.69 Å². The average molecular weight is 354 g/mol. The largest absolute Gasteiger partial charge is 0.383 e. The van der Waals surface area contributed by atoms with Gasteiger partial charge in [0.2, 0.25) is 0 Å². The van der Waals surface area contributed by atoms with E-state index < -0.39 is 0 Å². The van der Waals surface area contributed by atoms with Crippen molar-refractivity contribution in [1.29, 1.82) is 0 Å². The van der Waals surface area contributed by atoms with Crippen LogP contribution in [0.25, 0.3) is 0 Å². The Balaban J connectivity index is 2.02. The lowest BCUT2D eigenvalue weighted by atomic mass is 10.2. The molecular weight excluding hydrogens is 338 g/mol. The zero-order chi connectivity index (χ0) is 16.8. The first-order chi connectivity index (χ1) is 11.0. The Kier molecular flexibility index (Phi) is 6.09. The maximum Gasteiger partial charge on any atom is 0.273 e. The molecular formula is C15H16ClN3O3S. The minimum atomic E-state index is -0.325. The molecule has 2 aromatic rings. The molecule has 0 unspecified atom stereocenters. The van der Waals surface area contributed by atoms with Crippen molar-refractivity contribution in [3.63, 3.8) is 0 Å². The Hall–Kier alpha value is -1.96. The van der Waals surface area contributed by atoms with Crippen molar-refractivity contribution in [3.8, 4) is 0 Å². The number of methoxy groups -OCH3 is 1. The zero-order valence-electron chi connectivity index (χ0n) is 12.7. The molecule has 0 atom stereocenters. The lowest BCUT2D eigenvalue weighted by Crippen LogP contribution is -2.30. The molecule has 1 aromatic heterocycles. The number of likely N-dealkylation sites (N-methyl/N-ethyl adjacent to an activating group) is 1. The van der Waals surface area contributed by atoms with Gasteiger partial charge in [0.05, 0.1) is 6.61 Å². The Labute approximate surface area is 143 Å². The SMILES string of the molecule is COCCN(C)C(=O)c1csc(NC(=O)c2cccc(Cl)c2)n1. The van der Waals surface area contributed by atoms with E-state index in [0.717, 1.165) is 0 Å². The molecule has 0 spiro atoms. The summed E-state index contributed by atoms with van der Waals surface area (Å²) in [5, 5.41) is 5.11. The second kappa shape index (κ2) is 8.05. The third-order valence-electron chi connectivity index (χ3n) is 3.01. The molecule has 2 rings (SSSR count). The van der Waals surface area contributed by atoms with Gasteiger partial charge < -0.3 is 9.64 Å². The van der Waals surface area contributed by atoms with Gasteiger partial charge in [0.15, 0.2) is 5.13 Å². The number of carbonyl (C=O) groups excluding carboxylic acids is 2. The molecule has 122 valence electrons. The molecule has 1 aromatic carbocycles. The van der Waals surface area contributed by atoms with Gasteiger partial charge in [-0.25, -0.2) is 4.98 Å². The van der Waals surface area contributed by atoms with Crippen LogP contribution in [0.5, 0.6) is 0 Å². The molecule has 0 bridgehead atoms. The average Bonchev–Trinajstić information content (AvgIpc) is 3.00. The number of benzene rings is 1. The summed E-state index contributed by atoms with van der Waals surface area (Å²) in [6.07, 6.45) is 0. The number of anilines is 1. The highest BCUT2D eigenvalue weighted by Crippen LogP contribution is 2.18. The minimum absolute atomic E-state index is 0.221. The van der Waals surface area contributed by atoms with Crippen molar-refractivity contribution in [1.82, 2.24) is 9.88 Å². The van der Waals surface area contributed by atoms with E-state index in [1.165, 1.54) is 16.2 Å². The number of thiazole rings is 1. The van der Waals surface area contributed by atoms with Crippen molar-refractivity contribution >= 4 is 39.9 Å². The fourth-order valence-electron chi connectivity index (χ4n) is 1.75. The van der Waals surface area contributed by atoms with Crippen molar-refractivity contribution in [2.24, 2.45) is 0 Å². The highest BCUT2D eigenvalue weighted by Gasteiger charge is 2.16. The van der Waals surface area contributed by atoms with E-state index in [9.17, 15) is 9.59 Å². The maximum absolute atomic E-state index is 12.1. The second-order valence-corrected chi connectivity index (χ2v) is 6.02. The standard InChI is InChI=1S/C15H16ClN3O3S/c1-19(6-7-22-2)14(21)12-9-23-15(17-12)18-13(20)10-4-3-5-11(16)8-10/h3-5,8-9H,6-7H2,1-2H3,(H,17,18,20). The van der Waals surface area contributed by atoms with E-state index in [2.05, 4.69) is 10.3 Å². The predicted octanol–water partition coefficient (Wildman–Crippen LogP) is 2.77. The number of nitrogens with one attached hydrogen (secondary N) is 1. The molecule has 0 aliphatic carbocycles. The van der Waals surface area contributed by atoms with Crippen molar-refractivity contribution in [2.75, 3.05) is 32.6 Å². The number of amides is 2. The first-order valence-electron chi connectivity index (χ1n) is 6.78. The zero-order valence-corrected chi connectivity index (χ0v) is 14.3. The van der Waals surface area contributed by atoms with Gasteiger partial charge in [0.25, 0.3) is 11.8 Å². The van der Waals surface area contributed by atoms with Crippen LogP contribution in [0, 0.1) is 0 Å². The van der Waals surface area contributed by atoms with Gasteiger partial charge in [-0.3, -0.25) is 14.9 Å². The van der Waals surface area contributed by atoms with Gasteiger partial charge in [-0.15, -0.1) is 11.3 Å². The normalized spacial score (nSPS) is 10.4. The number of ether oxygens (including phenoxy) is 1. The van der Waals surface area contributed by atoms with Crippen LogP contribution in [-0.4, -0.2) is 49.0 Å². The molecule has 0 radical (unpaired) electrons. The van der Waals surface area contributed by atoms with Gasteiger partial charge in [0, 0.05) is 36.7 Å². The number of halogens is 1. The summed E-state index contributed by atoms with van der Waals surface area (Å²) in [6, 6.07) is 6.60. The second-order valence-electron chi connectivity index (χ2n) is 4.72. The van der Waals surface area contributed by atoms with Crippen LogP contribution in [0.3, 0.4) is 0 Å². The van der Waals surface area contributed by atoms with Gasteiger partial charge in [-0.1, -0.05) is 17.7 Å². The van der Waals surface area contributed by atoms with Crippen LogP contribution in [0.15, 0.2) is 29.6 Å².